The van der Waals surface area contributed by atoms with Crippen molar-refractivity contribution in [1.29, 1.82) is 0 Å². The lowest BCUT2D eigenvalue weighted by Crippen LogP contribution is -2.43. The first kappa shape index (κ1) is 19.4. The van der Waals surface area contributed by atoms with Crippen LogP contribution in [-0.2, 0) is 11.3 Å². The molecule has 1 unspecified atom stereocenters. The Kier molecular flexibility index (Phi) is 5.52. The van der Waals surface area contributed by atoms with Crippen molar-refractivity contribution in [2.24, 2.45) is 5.92 Å². The molecule has 4 rings (SSSR count). The fourth-order valence-corrected chi connectivity index (χ4v) is 4.14. The van der Waals surface area contributed by atoms with E-state index in [1.807, 2.05) is 19.2 Å². The molecule has 1 saturated heterocycles. The smallest absolute Gasteiger partial charge is 0.263 e. The van der Waals surface area contributed by atoms with E-state index in [-0.39, 0.29) is 11.8 Å². The maximum Gasteiger partial charge on any atom is 0.263 e. The molecule has 0 aliphatic carbocycles. The Bertz CT molecular complexity index is 1020. The zero-order valence-electron chi connectivity index (χ0n) is 16.7. The van der Waals surface area contributed by atoms with E-state index in [1.165, 1.54) is 0 Å². The van der Waals surface area contributed by atoms with Gasteiger partial charge in [0.1, 0.15) is 22.2 Å². The van der Waals surface area contributed by atoms with Crippen molar-refractivity contribution in [1.82, 2.24) is 30.4 Å². The molecule has 9 nitrogen and oxygen atoms in total. The second-order valence-electron chi connectivity index (χ2n) is 7.19. The lowest BCUT2D eigenvalue weighted by Gasteiger charge is -2.33. The molecule has 3 aromatic rings. The van der Waals surface area contributed by atoms with Crippen LogP contribution in [0.3, 0.4) is 0 Å². The first-order chi connectivity index (χ1) is 14.0. The van der Waals surface area contributed by atoms with E-state index in [9.17, 15) is 4.79 Å². The summed E-state index contributed by atoms with van der Waals surface area (Å²) in [6, 6.07) is 0. The molecule has 1 aliphatic rings. The predicted octanol–water partition coefficient (Wildman–Crippen LogP) is 2.44. The van der Waals surface area contributed by atoms with Crippen molar-refractivity contribution in [2.75, 3.05) is 18.0 Å². The van der Waals surface area contributed by atoms with Crippen molar-refractivity contribution in [2.45, 2.75) is 40.2 Å². The van der Waals surface area contributed by atoms with Crippen LogP contribution in [0.4, 0.5) is 5.82 Å². The van der Waals surface area contributed by atoms with E-state index in [0.29, 0.717) is 36.2 Å². The second-order valence-corrected chi connectivity index (χ2v) is 8.13. The summed E-state index contributed by atoms with van der Waals surface area (Å²) in [5, 5.41) is 9.80. The minimum Gasteiger partial charge on any atom is -0.355 e. The maximum atomic E-state index is 12.7. The average molecular weight is 414 g/mol. The summed E-state index contributed by atoms with van der Waals surface area (Å²) < 4.78 is 5.33. The number of nitrogens with one attached hydrogen (secondary N) is 1. The standard InChI is InChI=1S/C19H23N7O2S/c1-11-10-29-16(22-11)8-21-18(27)14-5-4-6-26(9-14)17-15(7-20-12(2)23-17)19-24-13(3)25-28-19/h7,10,14H,4-6,8-9H2,1-3H3,(H,21,27). The molecular formula is C19H23N7O2S. The van der Waals surface area contributed by atoms with E-state index in [1.54, 1.807) is 24.5 Å². The third kappa shape index (κ3) is 4.42. The highest BCUT2D eigenvalue weighted by molar-refractivity contribution is 7.09. The molecule has 1 amide bonds. The SMILES string of the molecule is Cc1csc(CNC(=O)C2CCCN(c3nc(C)ncc3-c3nc(C)no3)C2)n1. The van der Waals surface area contributed by atoms with Crippen molar-refractivity contribution >= 4 is 23.1 Å². The molecule has 29 heavy (non-hydrogen) atoms. The number of hydrogen-bond donors (Lipinski definition) is 1. The van der Waals surface area contributed by atoms with E-state index in [2.05, 4.69) is 35.3 Å². The van der Waals surface area contributed by atoms with E-state index in [0.717, 1.165) is 35.9 Å². The third-order valence-electron chi connectivity index (χ3n) is 4.82. The number of carbonyl (C=O) groups is 1. The van der Waals surface area contributed by atoms with Crippen LogP contribution in [0.15, 0.2) is 16.1 Å². The largest absolute Gasteiger partial charge is 0.355 e. The molecule has 0 aromatic carbocycles. The molecule has 4 heterocycles. The summed E-state index contributed by atoms with van der Waals surface area (Å²) in [7, 11) is 0. The molecular weight excluding hydrogens is 390 g/mol. The van der Waals surface area contributed by atoms with Gasteiger partial charge in [-0.3, -0.25) is 4.79 Å². The Labute approximate surface area is 172 Å². The van der Waals surface area contributed by atoms with Gasteiger partial charge < -0.3 is 14.7 Å². The van der Waals surface area contributed by atoms with E-state index < -0.39 is 0 Å². The number of nitrogens with zero attached hydrogens (tertiary/aromatic N) is 6. The minimum absolute atomic E-state index is 0.0449. The van der Waals surface area contributed by atoms with Crippen LogP contribution in [0.5, 0.6) is 0 Å². The highest BCUT2D eigenvalue weighted by atomic mass is 32.1. The van der Waals surface area contributed by atoms with Crippen LogP contribution >= 0.6 is 11.3 Å². The highest BCUT2D eigenvalue weighted by Crippen LogP contribution is 2.30. The van der Waals surface area contributed by atoms with Crippen molar-refractivity contribution < 1.29 is 9.32 Å². The van der Waals surface area contributed by atoms with Gasteiger partial charge in [-0.05, 0) is 33.6 Å². The first-order valence-corrected chi connectivity index (χ1v) is 10.5. The number of thiazole rings is 1. The Morgan fingerprint density at radius 1 is 1.28 bits per heavy atom. The topological polar surface area (TPSA) is 110 Å². The van der Waals surface area contributed by atoms with E-state index in [4.69, 9.17) is 4.52 Å². The van der Waals surface area contributed by atoms with Gasteiger partial charge in [0.15, 0.2) is 5.82 Å². The summed E-state index contributed by atoms with van der Waals surface area (Å²) >= 11 is 1.56. The van der Waals surface area contributed by atoms with Gasteiger partial charge in [0.25, 0.3) is 5.89 Å². The van der Waals surface area contributed by atoms with Crippen LogP contribution in [0.1, 0.15) is 35.2 Å². The van der Waals surface area contributed by atoms with Gasteiger partial charge in [0.05, 0.1) is 12.5 Å². The number of aryl methyl sites for hydroxylation is 3. The number of amides is 1. The van der Waals surface area contributed by atoms with Crippen LogP contribution in [0, 0.1) is 26.7 Å². The van der Waals surface area contributed by atoms with Gasteiger partial charge in [-0.15, -0.1) is 11.3 Å². The summed E-state index contributed by atoms with van der Waals surface area (Å²) in [4.78, 5) is 32.5. The molecule has 1 fully saturated rings. The predicted molar refractivity (Wildman–Crippen MR) is 108 cm³/mol. The highest BCUT2D eigenvalue weighted by Gasteiger charge is 2.29. The normalized spacial score (nSPS) is 16.8. The molecule has 10 heteroatoms. The number of carbonyl (C=O) groups excluding carboxylic acids is 1. The third-order valence-corrected chi connectivity index (χ3v) is 5.79. The molecule has 1 atom stereocenters. The summed E-state index contributed by atoms with van der Waals surface area (Å²) in [5.74, 6) is 2.27. The Morgan fingerprint density at radius 3 is 2.86 bits per heavy atom. The Hall–Kier alpha value is -2.88. The van der Waals surface area contributed by atoms with Gasteiger partial charge in [-0.1, -0.05) is 5.16 Å². The van der Waals surface area contributed by atoms with Crippen LogP contribution < -0.4 is 10.2 Å². The molecule has 3 aromatic heterocycles. The zero-order valence-corrected chi connectivity index (χ0v) is 17.5. The van der Waals surface area contributed by atoms with E-state index >= 15 is 0 Å². The van der Waals surface area contributed by atoms with Gasteiger partial charge >= 0.3 is 0 Å². The Morgan fingerprint density at radius 2 is 2.14 bits per heavy atom. The van der Waals surface area contributed by atoms with Crippen molar-refractivity contribution in [3.63, 3.8) is 0 Å². The number of piperidine rings is 1. The summed E-state index contributed by atoms with van der Waals surface area (Å²) in [6.07, 6.45) is 3.46. The fraction of sp³-hybridized carbons (Fsp3) is 0.474. The van der Waals surface area contributed by atoms with Crippen LogP contribution in [-0.4, -0.2) is 44.1 Å². The van der Waals surface area contributed by atoms with Crippen molar-refractivity contribution in [3.8, 4) is 11.5 Å². The molecule has 0 saturated carbocycles. The molecule has 0 radical (unpaired) electrons. The molecule has 1 N–H and O–H groups in total. The first-order valence-electron chi connectivity index (χ1n) is 9.57. The minimum atomic E-state index is -0.114. The summed E-state index contributed by atoms with van der Waals surface area (Å²) in [6.45, 7) is 7.43. The average Bonchev–Trinajstić information content (AvgIpc) is 3.34. The van der Waals surface area contributed by atoms with Gasteiger partial charge in [-0.25, -0.2) is 15.0 Å². The number of anilines is 1. The van der Waals surface area contributed by atoms with Gasteiger partial charge in [0.2, 0.25) is 5.91 Å². The maximum absolute atomic E-state index is 12.7. The lowest BCUT2D eigenvalue weighted by molar-refractivity contribution is -0.125. The fourth-order valence-electron chi connectivity index (χ4n) is 3.43. The number of aromatic nitrogens is 5. The zero-order chi connectivity index (χ0) is 20.4. The summed E-state index contributed by atoms with van der Waals surface area (Å²) in [5.41, 5.74) is 1.67. The quantitative estimate of drug-likeness (QED) is 0.679. The van der Waals surface area contributed by atoms with Crippen molar-refractivity contribution in [3.05, 3.63) is 33.9 Å². The van der Waals surface area contributed by atoms with Gasteiger partial charge in [-0.2, -0.15) is 4.98 Å². The lowest BCUT2D eigenvalue weighted by atomic mass is 9.97. The molecule has 0 bridgehead atoms. The Balaban J connectivity index is 1.49. The molecule has 1 aliphatic heterocycles. The van der Waals surface area contributed by atoms with Crippen LogP contribution in [0.25, 0.3) is 11.5 Å². The molecule has 0 spiro atoms. The number of hydrogen-bond acceptors (Lipinski definition) is 9. The van der Waals surface area contributed by atoms with Gasteiger partial charge in [0, 0.05) is 30.4 Å². The monoisotopic (exact) mass is 413 g/mol. The number of rotatable bonds is 5. The molecule has 152 valence electrons. The second kappa shape index (κ2) is 8.24. The van der Waals surface area contributed by atoms with Crippen LogP contribution in [0.2, 0.25) is 0 Å².